The molecule has 0 aromatic carbocycles. The largest absolute Gasteiger partial charge is 0.481 e. The normalized spacial score (nSPS) is 11.6. The highest BCUT2D eigenvalue weighted by Crippen LogP contribution is 2.16. The van der Waals surface area contributed by atoms with E-state index in [-0.39, 0.29) is 24.3 Å². The molecule has 1 rings (SSSR count). The van der Waals surface area contributed by atoms with Crippen LogP contribution in [-0.4, -0.2) is 30.4 Å². The van der Waals surface area contributed by atoms with Crippen molar-refractivity contribution in [3.63, 3.8) is 0 Å². The molecule has 0 saturated carbocycles. The van der Waals surface area contributed by atoms with E-state index in [1.807, 2.05) is 0 Å². The van der Waals surface area contributed by atoms with Crippen LogP contribution in [0.15, 0.2) is 4.52 Å². The van der Waals surface area contributed by atoms with Crippen molar-refractivity contribution >= 4 is 15.8 Å². The van der Waals surface area contributed by atoms with E-state index in [0.717, 1.165) is 0 Å². The highest BCUT2D eigenvalue weighted by Gasteiger charge is 2.18. The molecule has 0 atom stereocenters. The van der Waals surface area contributed by atoms with Crippen LogP contribution in [0.1, 0.15) is 29.9 Å². The Morgan fingerprint density at radius 1 is 1.41 bits per heavy atom. The van der Waals surface area contributed by atoms with Crippen LogP contribution in [0.25, 0.3) is 0 Å². The number of nitrogens with zero attached hydrogens (tertiary/aromatic N) is 1. The van der Waals surface area contributed by atoms with E-state index >= 15 is 0 Å². The zero-order valence-corrected chi connectivity index (χ0v) is 10.6. The fourth-order valence-electron chi connectivity index (χ4n) is 1.44. The highest BCUT2D eigenvalue weighted by atomic mass is 32.2. The summed E-state index contributed by atoms with van der Waals surface area (Å²) in [5.74, 6) is -0.779. The third-order valence-electron chi connectivity index (χ3n) is 2.39. The van der Waals surface area contributed by atoms with Crippen LogP contribution < -0.4 is 0 Å². The molecule has 0 amide bonds. The molecule has 7 heteroatoms. The molecule has 0 saturated heterocycles. The number of aromatic nitrogens is 1. The van der Waals surface area contributed by atoms with E-state index < -0.39 is 15.8 Å². The first-order chi connectivity index (χ1) is 7.82. The lowest BCUT2D eigenvalue weighted by Gasteiger charge is -2.02. The highest BCUT2D eigenvalue weighted by molar-refractivity contribution is 7.90. The van der Waals surface area contributed by atoms with E-state index in [1.54, 1.807) is 13.8 Å². The lowest BCUT2D eigenvalue weighted by atomic mass is 10.2. The van der Waals surface area contributed by atoms with Gasteiger partial charge in [-0.2, -0.15) is 0 Å². The third-order valence-corrected chi connectivity index (χ3v) is 4.03. The van der Waals surface area contributed by atoms with Gasteiger partial charge in [0.1, 0.15) is 5.76 Å². The van der Waals surface area contributed by atoms with Gasteiger partial charge in [0.15, 0.2) is 9.84 Å². The number of hydrogen-bond donors (Lipinski definition) is 1. The van der Waals surface area contributed by atoms with Crippen molar-refractivity contribution < 1.29 is 22.8 Å². The van der Waals surface area contributed by atoms with E-state index in [9.17, 15) is 13.2 Å². The van der Waals surface area contributed by atoms with Crippen LogP contribution in [-0.2, 0) is 20.4 Å². The number of carboxylic acids is 1. The van der Waals surface area contributed by atoms with Crippen molar-refractivity contribution in [2.45, 2.75) is 32.4 Å². The maximum atomic E-state index is 11.7. The van der Waals surface area contributed by atoms with Crippen LogP contribution in [0, 0.1) is 13.8 Å². The van der Waals surface area contributed by atoms with Gasteiger partial charge in [0.2, 0.25) is 0 Å². The quantitative estimate of drug-likeness (QED) is 0.822. The van der Waals surface area contributed by atoms with Crippen LogP contribution in [0.4, 0.5) is 0 Å². The van der Waals surface area contributed by atoms with Crippen LogP contribution >= 0.6 is 0 Å². The van der Waals surface area contributed by atoms with Gasteiger partial charge >= 0.3 is 5.97 Å². The predicted molar refractivity (Wildman–Crippen MR) is 60.3 cm³/mol. The van der Waals surface area contributed by atoms with Crippen molar-refractivity contribution in [2.75, 3.05) is 5.75 Å². The number of carbonyl (C=O) groups is 1. The van der Waals surface area contributed by atoms with Gasteiger partial charge in [-0.1, -0.05) is 5.16 Å². The van der Waals surface area contributed by atoms with Gasteiger partial charge in [-0.05, 0) is 20.3 Å². The van der Waals surface area contributed by atoms with E-state index in [2.05, 4.69) is 5.16 Å². The average molecular weight is 261 g/mol. The molecule has 96 valence electrons. The van der Waals surface area contributed by atoms with Crippen LogP contribution in [0.3, 0.4) is 0 Å². The first kappa shape index (κ1) is 13.7. The zero-order chi connectivity index (χ0) is 13.1. The Balaban J connectivity index is 2.64. The summed E-state index contributed by atoms with van der Waals surface area (Å²) >= 11 is 0. The number of aryl methyl sites for hydroxylation is 2. The summed E-state index contributed by atoms with van der Waals surface area (Å²) in [7, 11) is -3.31. The first-order valence-electron chi connectivity index (χ1n) is 5.16. The Labute approximate surface area is 99.5 Å². The maximum absolute atomic E-state index is 11.7. The van der Waals surface area contributed by atoms with Crippen molar-refractivity contribution in [3.05, 3.63) is 17.0 Å². The molecule has 0 bridgehead atoms. The second-order valence-corrected chi connectivity index (χ2v) is 6.08. The smallest absolute Gasteiger partial charge is 0.303 e. The zero-order valence-electron chi connectivity index (χ0n) is 9.76. The van der Waals surface area contributed by atoms with Crippen LogP contribution in [0.5, 0.6) is 0 Å². The molecule has 0 radical (unpaired) electrons. The molecule has 1 aromatic rings. The van der Waals surface area contributed by atoms with Gasteiger partial charge in [-0.15, -0.1) is 0 Å². The first-order valence-corrected chi connectivity index (χ1v) is 6.98. The standard InChI is InChI=1S/C10H15NO5S/c1-7-9(8(2)16-11-7)6-17(14,15)5-3-4-10(12)13/h3-6H2,1-2H3,(H,12,13). The summed E-state index contributed by atoms with van der Waals surface area (Å²) in [5.41, 5.74) is 1.13. The van der Waals surface area contributed by atoms with Crippen molar-refractivity contribution in [1.29, 1.82) is 0 Å². The fourth-order valence-corrected chi connectivity index (χ4v) is 3.02. The maximum Gasteiger partial charge on any atom is 0.303 e. The topological polar surface area (TPSA) is 97.5 Å². The lowest BCUT2D eigenvalue weighted by Crippen LogP contribution is -2.11. The monoisotopic (exact) mass is 261 g/mol. The molecule has 0 spiro atoms. The van der Waals surface area contributed by atoms with Gasteiger partial charge < -0.3 is 9.63 Å². The molecule has 6 nitrogen and oxygen atoms in total. The minimum absolute atomic E-state index is 0.126. The SMILES string of the molecule is Cc1noc(C)c1CS(=O)(=O)CCCC(=O)O. The Bertz CT molecular complexity index is 483. The molecule has 0 unspecified atom stereocenters. The van der Waals surface area contributed by atoms with Gasteiger partial charge in [0.25, 0.3) is 0 Å². The molecule has 0 aliphatic carbocycles. The van der Waals surface area contributed by atoms with E-state index in [1.165, 1.54) is 0 Å². The number of hydrogen-bond acceptors (Lipinski definition) is 5. The molecule has 17 heavy (non-hydrogen) atoms. The summed E-state index contributed by atoms with van der Waals surface area (Å²) in [6.45, 7) is 3.33. The Morgan fingerprint density at radius 2 is 2.06 bits per heavy atom. The lowest BCUT2D eigenvalue weighted by molar-refractivity contribution is -0.137. The van der Waals surface area contributed by atoms with E-state index in [4.69, 9.17) is 9.63 Å². The van der Waals surface area contributed by atoms with E-state index in [0.29, 0.717) is 17.0 Å². The summed E-state index contributed by atoms with van der Waals surface area (Å²) in [5, 5.41) is 12.1. The van der Waals surface area contributed by atoms with Gasteiger partial charge in [-0.3, -0.25) is 4.79 Å². The second kappa shape index (κ2) is 5.31. The summed E-state index contributed by atoms with van der Waals surface area (Å²) < 4.78 is 28.3. The van der Waals surface area contributed by atoms with Gasteiger partial charge in [0.05, 0.1) is 17.2 Å². The molecule has 1 N–H and O–H groups in total. The minimum atomic E-state index is -3.31. The van der Waals surface area contributed by atoms with Crippen molar-refractivity contribution in [2.24, 2.45) is 0 Å². The Hall–Kier alpha value is -1.37. The fraction of sp³-hybridized carbons (Fsp3) is 0.600. The summed E-state index contributed by atoms with van der Waals surface area (Å²) in [6.07, 6.45) is -0.0120. The summed E-state index contributed by atoms with van der Waals surface area (Å²) in [4.78, 5) is 10.3. The molecule has 0 fully saturated rings. The number of aliphatic carboxylic acids is 1. The van der Waals surface area contributed by atoms with Crippen molar-refractivity contribution in [1.82, 2.24) is 5.16 Å². The molecular formula is C10H15NO5S. The second-order valence-electron chi connectivity index (χ2n) is 3.89. The van der Waals surface area contributed by atoms with Crippen molar-refractivity contribution in [3.8, 4) is 0 Å². The third kappa shape index (κ3) is 4.18. The van der Waals surface area contributed by atoms with Gasteiger partial charge in [0, 0.05) is 12.0 Å². The molecule has 0 aliphatic heterocycles. The van der Waals surface area contributed by atoms with Gasteiger partial charge in [-0.25, -0.2) is 8.42 Å². The molecule has 0 aliphatic rings. The molecule has 1 heterocycles. The Kier molecular flexibility index (Phi) is 4.28. The Morgan fingerprint density at radius 3 is 2.53 bits per heavy atom. The van der Waals surface area contributed by atoms with Crippen LogP contribution in [0.2, 0.25) is 0 Å². The average Bonchev–Trinajstić information content (AvgIpc) is 2.48. The number of rotatable bonds is 6. The minimum Gasteiger partial charge on any atom is -0.481 e. The predicted octanol–water partition coefficient (Wildman–Crippen LogP) is 1.07. The number of sulfone groups is 1. The summed E-state index contributed by atoms with van der Waals surface area (Å²) in [6, 6.07) is 0. The molecule has 1 aromatic heterocycles. The number of carboxylic acid groups (broad SMARTS) is 1. The molecular weight excluding hydrogens is 246 g/mol.